The summed E-state index contributed by atoms with van der Waals surface area (Å²) in [5, 5.41) is 4.69. The van der Waals surface area contributed by atoms with Gasteiger partial charge in [-0.25, -0.2) is 0 Å². The SMILES string of the molecule is FSc1cc(-c2ccccc2)c2sc3c(c2c1)C=CCC3c1cccc2c1-c1ccccc1\C=C/C=C\C=C\N2. The summed E-state index contributed by atoms with van der Waals surface area (Å²) in [4.78, 5) is 1.98. The fourth-order valence-corrected chi connectivity index (χ4v) is 7.61. The Kier molecular flexibility index (Phi) is 6.72. The number of halogens is 1. The van der Waals surface area contributed by atoms with Crippen LogP contribution in [0.25, 0.3) is 44.5 Å². The van der Waals surface area contributed by atoms with Crippen LogP contribution in [0, 0.1) is 0 Å². The van der Waals surface area contributed by atoms with Crippen LogP contribution < -0.4 is 5.32 Å². The van der Waals surface area contributed by atoms with Crippen LogP contribution >= 0.6 is 23.5 Å². The van der Waals surface area contributed by atoms with Gasteiger partial charge in [0.15, 0.2) is 0 Å². The Bertz CT molecular complexity index is 1840. The smallest absolute Gasteiger partial charge is 0.0812 e. The highest BCUT2D eigenvalue weighted by atomic mass is 32.2. The van der Waals surface area contributed by atoms with Crippen LogP contribution in [0.4, 0.5) is 9.57 Å². The van der Waals surface area contributed by atoms with E-state index in [1.165, 1.54) is 37.4 Å². The molecule has 194 valence electrons. The molecule has 1 unspecified atom stereocenters. The predicted octanol–water partition coefficient (Wildman–Crippen LogP) is 11.3. The molecule has 0 spiro atoms. The van der Waals surface area contributed by atoms with Crippen LogP contribution in [-0.2, 0) is 0 Å². The summed E-state index contributed by atoms with van der Waals surface area (Å²) in [6.45, 7) is 0. The molecular formula is C36H26FNS2. The largest absolute Gasteiger partial charge is 0.361 e. The molecule has 2 heterocycles. The van der Waals surface area contributed by atoms with Gasteiger partial charge in [0.25, 0.3) is 0 Å². The highest BCUT2D eigenvalue weighted by Gasteiger charge is 2.28. The molecule has 40 heavy (non-hydrogen) atoms. The summed E-state index contributed by atoms with van der Waals surface area (Å²) in [6.07, 6.45) is 17.8. The molecule has 7 rings (SSSR count). The van der Waals surface area contributed by atoms with Gasteiger partial charge in [0.1, 0.15) is 0 Å². The van der Waals surface area contributed by atoms with Crippen molar-refractivity contribution < 1.29 is 3.89 Å². The third-order valence-corrected chi connectivity index (χ3v) is 9.41. The molecule has 1 aromatic heterocycles. The number of anilines is 1. The second-order valence-corrected chi connectivity index (χ2v) is 11.6. The van der Waals surface area contributed by atoms with Gasteiger partial charge in [-0.2, -0.15) is 3.89 Å². The molecule has 2 aliphatic rings. The van der Waals surface area contributed by atoms with Crippen LogP contribution in [0.1, 0.15) is 33.9 Å². The van der Waals surface area contributed by atoms with E-state index in [4.69, 9.17) is 0 Å². The Morgan fingerprint density at radius 1 is 0.800 bits per heavy atom. The quantitative estimate of drug-likeness (QED) is 0.238. The summed E-state index contributed by atoms with van der Waals surface area (Å²) >= 11 is 2.17. The molecule has 4 aromatic carbocycles. The molecule has 0 amide bonds. The zero-order valence-corrected chi connectivity index (χ0v) is 23.3. The minimum absolute atomic E-state index is 0.184. The number of nitrogens with one attached hydrogen (secondary N) is 1. The van der Waals surface area contributed by atoms with Gasteiger partial charge in [-0.15, -0.1) is 11.3 Å². The van der Waals surface area contributed by atoms with E-state index in [2.05, 4.69) is 90.3 Å². The molecule has 1 atom stereocenters. The van der Waals surface area contributed by atoms with Gasteiger partial charge in [-0.3, -0.25) is 0 Å². The van der Waals surface area contributed by atoms with E-state index in [-0.39, 0.29) is 5.92 Å². The average molecular weight is 556 g/mol. The van der Waals surface area contributed by atoms with Crippen molar-refractivity contribution in [2.24, 2.45) is 0 Å². The van der Waals surface area contributed by atoms with Crippen molar-refractivity contribution in [2.75, 3.05) is 5.32 Å². The number of allylic oxidation sites excluding steroid dienone is 5. The molecule has 0 fully saturated rings. The van der Waals surface area contributed by atoms with Crippen LogP contribution in [0.2, 0.25) is 0 Å². The van der Waals surface area contributed by atoms with Gasteiger partial charge in [-0.1, -0.05) is 103 Å². The summed E-state index contributed by atoms with van der Waals surface area (Å²) < 4.78 is 15.2. The van der Waals surface area contributed by atoms with E-state index in [1.54, 1.807) is 0 Å². The maximum absolute atomic E-state index is 14.0. The fraction of sp³-hybridized carbons (Fsp3) is 0.0556. The molecule has 0 radical (unpaired) electrons. The molecule has 1 aliphatic heterocycles. The first kappa shape index (κ1) is 24.9. The van der Waals surface area contributed by atoms with Gasteiger partial charge in [0, 0.05) is 48.8 Å². The van der Waals surface area contributed by atoms with Crippen molar-refractivity contribution in [2.45, 2.75) is 17.2 Å². The molecular weight excluding hydrogens is 530 g/mol. The Balaban J connectivity index is 1.47. The van der Waals surface area contributed by atoms with E-state index in [9.17, 15) is 3.89 Å². The molecule has 0 saturated heterocycles. The zero-order valence-electron chi connectivity index (χ0n) is 21.7. The number of thiophene rings is 1. The monoisotopic (exact) mass is 555 g/mol. The number of hydrogen-bond donors (Lipinski definition) is 1. The van der Waals surface area contributed by atoms with Crippen LogP contribution in [0.15, 0.2) is 126 Å². The average Bonchev–Trinajstić information content (AvgIpc) is 3.37. The van der Waals surface area contributed by atoms with Crippen molar-refractivity contribution in [1.29, 1.82) is 0 Å². The van der Waals surface area contributed by atoms with E-state index >= 15 is 0 Å². The van der Waals surface area contributed by atoms with E-state index in [1.807, 2.05) is 60.0 Å². The van der Waals surface area contributed by atoms with Crippen molar-refractivity contribution in [1.82, 2.24) is 0 Å². The number of rotatable bonds is 3. The summed E-state index contributed by atoms with van der Waals surface area (Å²) in [5.41, 5.74) is 9.41. The molecule has 1 nitrogen and oxygen atoms in total. The molecule has 0 saturated carbocycles. The normalized spacial score (nSPS) is 18.1. The highest BCUT2D eigenvalue weighted by molar-refractivity contribution is 7.94. The van der Waals surface area contributed by atoms with E-state index in [0.29, 0.717) is 17.0 Å². The van der Waals surface area contributed by atoms with Crippen molar-refractivity contribution >= 4 is 51.4 Å². The van der Waals surface area contributed by atoms with Crippen LogP contribution in [0.3, 0.4) is 0 Å². The Morgan fingerprint density at radius 2 is 1.65 bits per heavy atom. The van der Waals surface area contributed by atoms with Crippen molar-refractivity contribution in [3.8, 4) is 22.3 Å². The second-order valence-electron chi connectivity index (χ2n) is 9.97. The first-order valence-electron chi connectivity index (χ1n) is 13.4. The van der Waals surface area contributed by atoms with Gasteiger partial charge >= 0.3 is 0 Å². The molecule has 1 aliphatic carbocycles. The Morgan fingerprint density at radius 3 is 2.55 bits per heavy atom. The first-order chi connectivity index (χ1) is 19.8. The number of hydrogen-bond acceptors (Lipinski definition) is 3. The maximum Gasteiger partial charge on any atom is 0.0812 e. The fourth-order valence-electron chi connectivity index (χ4n) is 5.85. The minimum atomic E-state index is 0.184. The van der Waals surface area contributed by atoms with Crippen molar-refractivity contribution in [3.63, 3.8) is 0 Å². The molecule has 4 heteroatoms. The summed E-state index contributed by atoms with van der Waals surface area (Å²) in [7, 11) is 0. The number of benzene rings is 4. The lowest BCUT2D eigenvalue weighted by Gasteiger charge is -2.25. The standard InChI is InChI=1S/C36H26FNS2/c37-40-26-22-31(25-13-5-3-6-14-25)36-32(23-26)30-19-10-18-29(35(30)39-36)28-17-11-20-33-34(28)27-16-8-7-15-24(27)12-4-1-2-9-21-38-33/h1-17,19-23,29,38H,18H2/b2-1-,12-4-,21-9+. The predicted molar refractivity (Wildman–Crippen MR) is 173 cm³/mol. The second kappa shape index (κ2) is 10.8. The Hall–Kier alpha value is -4.12. The van der Waals surface area contributed by atoms with Gasteiger partial charge in [0.2, 0.25) is 0 Å². The maximum atomic E-state index is 14.0. The zero-order chi connectivity index (χ0) is 26.9. The molecule has 5 aromatic rings. The third-order valence-electron chi connectivity index (χ3n) is 7.62. The first-order valence-corrected chi connectivity index (χ1v) is 14.9. The number of fused-ring (bicyclic) bond motifs is 6. The molecule has 1 N–H and O–H groups in total. The van der Waals surface area contributed by atoms with Crippen LogP contribution in [0.5, 0.6) is 0 Å². The van der Waals surface area contributed by atoms with Crippen LogP contribution in [-0.4, -0.2) is 0 Å². The van der Waals surface area contributed by atoms with E-state index in [0.717, 1.165) is 28.6 Å². The van der Waals surface area contributed by atoms with E-state index < -0.39 is 0 Å². The van der Waals surface area contributed by atoms with Gasteiger partial charge < -0.3 is 5.32 Å². The lowest BCUT2D eigenvalue weighted by Crippen LogP contribution is -2.07. The van der Waals surface area contributed by atoms with Gasteiger partial charge in [0.05, 0.1) is 12.1 Å². The Labute approximate surface area is 242 Å². The topological polar surface area (TPSA) is 12.0 Å². The lowest BCUT2D eigenvalue weighted by molar-refractivity contribution is 0.842. The molecule has 0 bridgehead atoms. The summed E-state index contributed by atoms with van der Waals surface area (Å²) in [5.74, 6) is 0.184. The van der Waals surface area contributed by atoms with Crippen molar-refractivity contribution in [3.05, 3.63) is 143 Å². The third kappa shape index (κ3) is 4.43. The lowest BCUT2D eigenvalue weighted by atomic mass is 9.81. The van der Waals surface area contributed by atoms with Gasteiger partial charge in [-0.05, 0) is 58.5 Å². The summed E-state index contributed by atoms with van der Waals surface area (Å²) in [6, 6.07) is 29.5. The minimum Gasteiger partial charge on any atom is -0.361 e. The highest BCUT2D eigenvalue weighted by Crippen LogP contribution is 2.50.